The second-order valence-electron chi connectivity index (χ2n) is 6.66. The third-order valence-corrected chi connectivity index (χ3v) is 4.40. The van der Waals surface area contributed by atoms with Crippen molar-refractivity contribution in [3.63, 3.8) is 0 Å². The first-order valence-corrected chi connectivity index (χ1v) is 7.29. The van der Waals surface area contributed by atoms with Gasteiger partial charge in [0.25, 0.3) is 0 Å². The average molecular weight is 296 g/mol. The van der Waals surface area contributed by atoms with Crippen LogP contribution in [0.15, 0.2) is 0 Å². The maximum absolute atomic E-state index is 10.9. The summed E-state index contributed by atoms with van der Waals surface area (Å²) in [6, 6.07) is 0. The first kappa shape index (κ1) is 15.9. The van der Waals surface area contributed by atoms with Crippen molar-refractivity contribution in [2.75, 3.05) is 13.1 Å². The van der Waals surface area contributed by atoms with E-state index in [-0.39, 0.29) is 12.2 Å². The molecular weight excluding hydrogens is 272 g/mol. The van der Waals surface area contributed by atoms with Gasteiger partial charge in [0.15, 0.2) is 0 Å². The van der Waals surface area contributed by atoms with Crippen LogP contribution in [-0.2, 0) is 6.54 Å². The number of aliphatic hydroxyl groups excluding tert-OH is 1. The molecule has 1 aliphatic rings. The van der Waals surface area contributed by atoms with Gasteiger partial charge in [0.1, 0.15) is 11.4 Å². The van der Waals surface area contributed by atoms with E-state index >= 15 is 0 Å². The summed E-state index contributed by atoms with van der Waals surface area (Å²) in [5.74, 6) is 0.680. The van der Waals surface area contributed by atoms with Crippen molar-refractivity contribution in [3.8, 4) is 0 Å². The van der Waals surface area contributed by atoms with E-state index in [1.165, 1.54) is 11.1 Å². The summed E-state index contributed by atoms with van der Waals surface area (Å²) in [6.07, 6.45) is 0.615. The number of nitrogens with zero attached hydrogens (tertiary/aromatic N) is 3. The highest BCUT2D eigenvalue weighted by Crippen LogP contribution is 2.50. The predicted octanol–water partition coefficient (Wildman–Crippen LogP) is 1.40. The van der Waals surface area contributed by atoms with E-state index in [2.05, 4.69) is 24.3 Å². The van der Waals surface area contributed by atoms with Crippen molar-refractivity contribution in [3.05, 3.63) is 21.5 Å². The first-order chi connectivity index (χ1) is 9.72. The molecule has 0 radical (unpaired) electrons. The van der Waals surface area contributed by atoms with Crippen molar-refractivity contribution in [2.24, 2.45) is 11.3 Å². The first-order valence-electron chi connectivity index (χ1n) is 7.29. The van der Waals surface area contributed by atoms with Gasteiger partial charge in [-0.15, -0.1) is 0 Å². The molecule has 0 bridgehead atoms. The molecule has 2 atom stereocenters. The molecule has 2 rings (SSSR count). The van der Waals surface area contributed by atoms with Gasteiger partial charge in [0.2, 0.25) is 0 Å². The van der Waals surface area contributed by atoms with Gasteiger partial charge >= 0.3 is 5.69 Å². The summed E-state index contributed by atoms with van der Waals surface area (Å²) in [5.41, 5.74) is 1.33. The molecule has 0 saturated heterocycles. The fourth-order valence-corrected chi connectivity index (χ4v) is 2.74. The van der Waals surface area contributed by atoms with Crippen molar-refractivity contribution >= 4 is 5.69 Å². The Bertz CT molecular complexity index is 539. The summed E-state index contributed by atoms with van der Waals surface area (Å²) < 4.78 is 1.51. The highest BCUT2D eigenvalue weighted by Gasteiger charge is 2.44. The van der Waals surface area contributed by atoms with Crippen molar-refractivity contribution in [2.45, 2.75) is 46.8 Å². The third-order valence-electron chi connectivity index (χ3n) is 4.40. The van der Waals surface area contributed by atoms with Crippen LogP contribution in [0.3, 0.4) is 0 Å². The molecule has 7 heteroatoms. The number of hydrogen-bond donors (Lipinski definition) is 2. The minimum Gasteiger partial charge on any atom is -0.390 e. The fraction of sp³-hybridized carbons (Fsp3) is 0.786. The number of rotatable bonds is 7. The van der Waals surface area contributed by atoms with Gasteiger partial charge in [-0.2, -0.15) is 5.10 Å². The Balaban J connectivity index is 1.84. The lowest BCUT2D eigenvalue weighted by Crippen LogP contribution is -2.32. The monoisotopic (exact) mass is 296 g/mol. The maximum atomic E-state index is 10.9. The van der Waals surface area contributed by atoms with Gasteiger partial charge in [0, 0.05) is 6.54 Å². The standard InChI is InChI=1S/C14H24N4O3/c1-9-13(18(20)21)10(2)17(16-9)8-12(19)7-15-6-11-5-14(11,3)4/h11-12,15,19H,5-8H2,1-4H3. The molecule has 21 heavy (non-hydrogen) atoms. The van der Waals surface area contributed by atoms with Crippen molar-refractivity contribution in [1.82, 2.24) is 15.1 Å². The second kappa shape index (κ2) is 5.73. The average Bonchev–Trinajstić information content (AvgIpc) is 2.84. The Morgan fingerprint density at radius 1 is 1.57 bits per heavy atom. The quantitative estimate of drug-likeness (QED) is 0.586. The molecule has 7 nitrogen and oxygen atoms in total. The van der Waals surface area contributed by atoms with Crippen LogP contribution >= 0.6 is 0 Å². The lowest BCUT2D eigenvalue weighted by molar-refractivity contribution is -0.386. The summed E-state index contributed by atoms with van der Waals surface area (Å²) in [6.45, 7) is 9.39. The van der Waals surface area contributed by atoms with E-state index in [4.69, 9.17) is 0 Å². The normalized spacial score (nSPS) is 21.3. The van der Waals surface area contributed by atoms with Crippen LogP contribution in [0.1, 0.15) is 31.7 Å². The zero-order chi connectivity index (χ0) is 15.8. The van der Waals surface area contributed by atoms with Gasteiger partial charge in [-0.3, -0.25) is 14.8 Å². The Kier molecular flexibility index (Phi) is 4.34. The molecule has 118 valence electrons. The molecule has 0 aromatic carbocycles. The lowest BCUT2D eigenvalue weighted by Gasteiger charge is -2.13. The smallest absolute Gasteiger partial charge is 0.312 e. The van der Waals surface area contributed by atoms with E-state index < -0.39 is 11.0 Å². The number of hydrogen-bond acceptors (Lipinski definition) is 5. The van der Waals surface area contributed by atoms with Crippen LogP contribution in [0.2, 0.25) is 0 Å². The Hall–Kier alpha value is -1.47. The largest absolute Gasteiger partial charge is 0.390 e. The lowest BCUT2D eigenvalue weighted by atomic mass is 10.1. The molecule has 1 aromatic heterocycles. The van der Waals surface area contributed by atoms with Crippen molar-refractivity contribution < 1.29 is 10.0 Å². The van der Waals surface area contributed by atoms with Crippen LogP contribution < -0.4 is 5.32 Å². The maximum Gasteiger partial charge on any atom is 0.312 e. The minimum absolute atomic E-state index is 0.0369. The molecule has 1 aromatic rings. The topological polar surface area (TPSA) is 93.2 Å². The zero-order valence-electron chi connectivity index (χ0n) is 13.1. The molecule has 2 unspecified atom stereocenters. The summed E-state index contributed by atoms with van der Waals surface area (Å²) in [5, 5.41) is 28.4. The van der Waals surface area contributed by atoms with Gasteiger partial charge in [-0.25, -0.2) is 0 Å². The Morgan fingerprint density at radius 3 is 2.67 bits per heavy atom. The summed E-state index contributed by atoms with van der Waals surface area (Å²) >= 11 is 0. The fourth-order valence-electron chi connectivity index (χ4n) is 2.74. The summed E-state index contributed by atoms with van der Waals surface area (Å²) in [7, 11) is 0. The summed E-state index contributed by atoms with van der Waals surface area (Å²) in [4.78, 5) is 10.5. The second-order valence-corrected chi connectivity index (χ2v) is 6.66. The van der Waals surface area contributed by atoms with Crippen LogP contribution in [-0.4, -0.2) is 39.0 Å². The molecule has 1 fully saturated rings. The van der Waals surface area contributed by atoms with E-state index in [9.17, 15) is 15.2 Å². The highest BCUT2D eigenvalue weighted by atomic mass is 16.6. The number of nitrogens with one attached hydrogen (secondary N) is 1. The number of aliphatic hydroxyl groups is 1. The third kappa shape index (κ3) is 3.59. The minimum atomic E-state index is -0.607. The van der Waals surface area contributed by atoms with Gasteiger partial charge < -0.3 is 10.4 Å². The van der Waals surface area contributed by atoms with E-state index in [1.54, 1.807) is 13.8 Å². The molecule has 2 N–H and O–H groups in total. The number of aromatic nitrogens is 2. The highest BCUT2D eigenvalue weighted by molar-refractivity contribution is 5.39. The van der Waals surface area contributed by atoms with Crippen LogP contribution in [0.4, 0.5) is 5.69 Å². The van der Waals surface area contributed by atoms with Crippen LogP contribution in [0.25, 0.3) is 0 Å². The molecule has 1 aliphatic carbocycles. The molecule has 0 amide bonds. The molecule has 1 heterocycles. The van der Waals surface area contributed by atoms with Gasteiger partial charge in [-0.05, 0) is 38.1 Å². The van der Waals surface area contributed by atoms with Gasteiger partial charge in [0.05, 0.1) is 17.6 Å². The molecule has 0 spiro atoms. The molecule has 1 saturated carbocycles. The SMILES string of the molecule is Cc1nn(CC(O)CNCC2CC2(C)C)c(C)c1[N+](=O)[O-]. The van der Waals surface area contributed by atoms with Gasteiger partial charge in [-0.1, -0.05) is 13.8 Å². The Morgan fingerprint density at radius 2 is 2.19 bits per heavy atom. The van der Waals surface area contributed by atoms with Crippen molar-refractivity contribution in [1.29, 1.82) is 0 Å². The van der Waals surface area contributed by atoms with E-state index in [1.807, 2.05) is 0 Å². The van der Waals surface area contributed by atoms with Crippen LogP contribution in [0, 0.1) is 35.3 Å². The van der Waals surface area contributed by atoms with E-state index in [0.717, 1.165) is 6.54 Å². The molecular formula is C14H24N4O3. The predicted molar refractivity (Wildman–Crippen MR) is 79.1 cm³/mol. The molecule has 0 aliphatic heterocycles. The van der Waals surface area contributed by atoms with E-state index in [0.29, 0.717) is 29.3 Å². The number of aryl methyl sites for hydroxylation is 1. The Labute approximate surface area is 124 Å². The van der Waals surface area contributed by atoms with Crippen LogP contribution in [0.5, 0.6) is 0 Å². The number of nitro groups is 1. The zero-order valence-corrected chi connectivity index (χ0v) is 13.1.